The smallest absolute Gasteiger partial charge is 0.346 e. The number of hydrogen-bond donors (Lipinski definition) is 2. The van der Waals surface area contributed by atoms with Crippen molar-refractivity contribution in [3.05, 3.63) is 54.6 Å². The highest BCUT2D eigenvalue weighted by molar-refractivity contribution is 9.11. The maximum absolute atomic E-state index is 11.6. The van der Waals surface area contributed by atoms with Gasteiger partial charge in [0.05, 0.1) is 0 Å². The van der Waals surface area contributed by atoms with Crippen LogP contribution < -0.4 is 0 Å². The Labute approximate surface area is 178 Å². The molecule has 4 nitrogen and oxygen atoms in total. The number of aryl methyl sites for hydroxylation is 1. The lowest BCUT2D eigenvalue weighted by molar-refractivity contribution is 0.0691. The van der Waals surface area contributed by atoms with Gasteiger partial charge in [0, 0.05) is 29.3 Å². The highest BCUT2D eigenvalue weighted by atomic mass is 79.9. The normalized spacial score (nSPS) is 11.4. The van der Waals surface area contributed by atoms with E-state index in [9.17, 15) is 19.8 Å². The average Bonchev–Trinajstić information content (AvgIpc) is 3.16. The molecule has 2 N–H and O–H groups in total. The van der Waals surface area contributed by atoms with Crippen LogP contribution >= 0.6 is 54.5 Å². The van der Waals surface area contributed by atoms with E-state index in [0.29, 0.717) is 10.4 Å². The van der Waals surface area contributed by atoms with Crippen molar-refractivity contribution in [2.45, 2.75) is 6.92 Å². The molecule has 0 spiro atoms. The van der Waals surface area contributed by atoms with Gasteiger partial charge >= 0.3 is 11.9 Å². The zero-order valence-corrected chi connectivity index (χ0v) is 18.5. The lowest BCUT2D eigenvalue weighted by Crippen LogP contribution is -1.94. The third kappa shape index (κ3) is 3.00. The van der Waals surface area contributed by atoms with E-state index in [2.05, 4.69) is 31.9 Å². The van der Waals surface area contributed by atoms with E-state index in [-0.39, 0.29) is 4.88 Å². The van der Waals surface area contributed by atoms with Gasteiger partial charge in [-0.05, 0) is 47.7 Å². The van der Waals surface area contributed by atoms with E-state index in [1.807, 2.05) is 31.2 Å². The minimum atomic E-state index is -0.961. The van der Waals surface area contributed by atoms with Gasteiger partial charge in [-0.25, -0.2) is 9.59 Å². The van der Waals surface area contributed by atoms with Crippen molar-refractivity contribution >= 4 is 86.6 Å². The second-order valence-electron chi connectivity index (χ2n) is 5.94. The molecule has 8 heteroatoms. The molecule has 0 aliphatic rings. The lowest BCUT2D eigenvalue weighted by Gasteiger charge is -2.10. The van der Waals surface area contributed by atoms with Crippen molar-refractivity contribution in [1.82, 2.24) is 0 Å². The molecule has 27 heavy (non-hydrogen) atoms. The van der Waals surface area contributed by atoms with E-state index in [0.717, 1.165) is 40.2 Å². The van der Waals surface area contributed by atoms with Gasteiger partial charge in [-0.1, -0.05) is 37.9 Å². The fourth-order valence-electron chi connectivity index (χ4n) is 3.19. The molecule has 0 fully saturated rings. The number of carbonyl (C=O) groups is 2. The van der Waals surface area contributed by atoms with Gasteiger partial charge in [-0.2, -0.15) is 0 Å². The second-order valence-corrected chi connectivity index (χ2v) is 9.82. The van der Waals surface area contributed by atoms with Crippen molar-refractivity contribution in [1.29, 1.82) is 0 Å². The van der Waals surface area contributed by atoms with Crippen molar-refractivity contribution in [2.75, 3.05) is 0 Å². The third-order valence-electron chi connectivity index (χ3n) is 4.30. The zero-order chi connectivity index (χ0) is 19.5. The van der Waals surface area contributed by atoms with Crippen LogP contribution in [0.25, 0.3) is 31.3 Å². The second kappa shape index (κ2) is 6.70. The molecule has 0 aliphatic carbocycles. The topological polar surface area (TPSA) is 74.6 Å². The molecule has 0 saturated heterocycles. The Morgan fingerprint density at radius 2 is 1.74 bits per heavy atom. The molecule has 0 atom stereocenters. The van der Waals surface area contributed by atoms with Gasteiger partial charge in [0.15, 0.2) is 0 Å². The molecule has 4 aromatic rings. The molecule has 0 amide bonds. The largest absolute Gasteiger partial charge is 0.477 e. The summed E-state index contributed by atoms with van der Waals surface area (Å²) in [5, 5.41) is 20.6. The van der Waals surface area contributed by atoms with Crippen molar-refractivity contribution in [3.8, 4) is 11.1 Å². The summed E-state index contributed by atoms with van der Waals surface area (Å²) < 4.78 is 3.38. The maximum atomic E-state index is 11.6. The fourth-order valence-corrected chi connectivity index (χ4v) is 6.64. The van der Waals surface area contributed by atoms with Crippen LogP contribution in [0.1, 0.15) is 24.9 Å². The summed E-state index contributed by atoms with van der Waals surface area (Å²) in [5.41, 5.74) is 2.45. The first-order valence-corrected chi connectivity index (χ1v) is 10.9. The standard InChI is InChI=1S/C19H10Br2O4S2/c1-7-14-10(5-9(20)6-12(14)26-16(7)19(24)25)15-11(21)3-2-8-4-13(18(22)23)27-17(8)15/h2-6H,1H3,(H,22,23)(H,24,25). The average molecular weight is 526 g/mol. The Morgan fingerprint density at radius 1 is 1.00 bits per heavy atom. The van der Waals surface area contributed by atoms with Crippen molar-refractivity contribution in [2.24, 2.45) is 0 Å². The summed E-state index contributed by atoms with van der Waals surface area (Å²) in [4.78, 5) is 23.6. The quantitative estimate of drug-likeness (QED) is 0.301. The fraction of sp³-hybridized carbons (Fsp3) is 0.0526. The van der Waals surface area contributed by atoms with Crippen LogP contribution in [0.4, 0.5) is 0 Å². The molecule has 4 rings (SSSR count). The van der Waals surface area contributed by atoms with Gasteiger partial charge in [0.1, 0.15) is 9.75 Å². The molecule has 0 radical (unpaired) electrons. The van der Waals surface area contributed by atoms with E-state index in [1.165, 1.54) is 22.7 Å². The summed E-state index contributed by atoms with van der Waals surface area (Å²) in [6.07, 6.45) is 0. The summed E-state index contributed by atoms with van der Waals surface area (Å²) in [6, 6.07) is 9.30. The summed E-state index contributed by atoms with van der Waals surface area (Å²) in [6.45, 7) is 1.81. The molecule has 0 aliphatic heterocycles. The number of carboxylic acid groups (broad SMARTS) is 2. The van der Waals surface area contributed by atoms with E-state index in [4.69, 9.17) is 0 Å². The lowest BCUT2D eigenvalue weighted by atomic mass is 9.98. The summed E-state index contributed by atoms with van der Waals surface area (Å²) in [5.74, 6) is -1.91. The molecule has 0 saturated carbocycles. The minimum Gasteiger partial charge on any atom is -0.477 e. The Hall–Kier alpha value is -1.74. The number of carboxylic acids is 2. The number of rotatable bonds is 3. The van der Waals surface area contributed by atoms with Gasteiger partial charge < -0.3 is 10.2 Å². The van der Waals surface area contributed by atoms with Gasteiger partial charge in [0.25, 0.3) is 0 Å². The highest BCUT2D eigenvalue weighted by Crippen LogP contribution is 2.46. The predicted molar refractivity (Wildman–Crippen MR) is 117 cm³/mol. The van der Waals surface area contributed by atoms with Gasteiger partial charge in [-0.3, -0.25) is 0 Å². The first-order chi connectivity index (χ1) is 12.8. The molecule has 0 unspecified atom stereocenters. The van der Waals surface area contributed by atoms with Crippen LogP contribution in [0.3, 0.4) is 0 Å². The molecule has 2 aromatic carbocycles. The predicted octanol–water partition coefficient (Wildman–Crippen LogP) is 7.01. The van der Waals surface area contributed by atoms with Crippen LogP contribution in [-0.4, -0.2) is 22.2 Å². The van der Waals surface area contributed by atoms with Crippen molar-refractivity contribution < 1.29 is 19.8 Å². The number of fused-ring (bicyclic) bond motifs is 2. The molecule has 2 heterocycles. The van der Waals surface area contributed by atoms with Crippen LogP contribution in [0.2, 0.25) is 0 Å². The molecule has 0 bridgehead atoms. The van der Waals surface area contributed by atoms with Gasteiger partial charge in [-0.15, -0.1) is 22.7 Å². The number of benzene rings is 2. The first-order valence-electron chi connectivity index (χ1n) is 7.69. The Morgan fingerprint density at radius 3 is 2.41 bits per heavy atom. The van der Waals surface area contributed by atoms with Crippen LogP contribution in [0.5, 0.6) is 0 Å². The van der Waals surface area contributed by atoms with Gasteiger partial charge in [0.2, 0.25) is 0 Å². The van der Waals surface area contributed by atoms with Crippen LogP contribution in [0, 0.1) is 6.92 Å². The number of hydrogen-bond acceptors (Lipinski definition) is 4. The third-order valence-corrected chi connectivity index (χ3v) is 7.81. The monoisotopic (exact) mass is 524 g/mol. The molecule has 2 aromatic heterocycles. The first kappa shape index (κ1) is 18.6. The Kier molecular flexibility index (Phi) is 4.62. The highest BCUT2D eigenvalue weighted by Gasteiger charge is 2.22. The Bertz CT molecular complexity index is 1270. The zero-order valence-electron chi connectivity index (χ0n) is 13.7. The maximum Gasteiger partial charge on any atom is 0.346 e. The number of thiophene rings is 2. The van der Waals surface area contributed by atoms with E-state index < -0.39 is 11.9 Å². The Balaban J connectivity index is 2.15. The summed E-state index contributed by atoms with van der Waals surface area (Å²) in [7, 11) is 0. The van der Waals surface area contributed by atoms with E-state index in [1.54, 1.807) is 6.07 Å². The SMILES string of the molecule is Cc1c(C(=O)O)sc2cc(Br)cc(-c3c(Br)ccc4cc(C(=O)O)sc34)c12. The van der Waals surface area contributed by atoms with Crippen LogP contribution in [0.15, 0.2) is 39.3 Å². The molecular formula is C19H10Br2O4S2. The molecule has 136 valence electrons. The molecular weight excluding hydrogens is 516 g/mol. The van der Waals surface area contributed by atoms with E-state index >= 15 is 0 Å². The number of aromatic carboxylic acids is 2. The summed E-state index contributed by atoms with van der Waals surface area (Å²) >= 11 is 9.58. The van der Waals surface area contributed by atoms with Crippen LogP contribution in [-0.2, 0) is 0 Å². The minimum absolute atomic E-state index is 0.267. The number of halogens is 2. The van der Waals surface area contributed by atoms with Crippen molar-refractivity contribution in [3.63, 3.8) is 0 Å².